The van der Waals surface area contributed by atoms with Gasteiger partial charge in [-0.3, -0.25) is 0 Å². The lowest BCUT2D eigenvalue weighted by Crippen LogP contribution is -2.14. The molecule has 0 spiro atoms. The van der Waals surface area contributed by atoms with Gasteiger partial charge in [-0.25, -0.2) is 0 Å². The van der Waals surface area contributed by atoms with Crippen LogP contribution < -0.4 is 4.90 Å². The predicted molar refractivity (Wildman–Crippen MR) is 246 cm³/mol. The van der Waals surface area contributed by atoms with Gasteiger partial charge < -0.3 is 4.90 Å². The molecule has 0 amide bonds. The second-order valence-corrected chi connectivity index (χ2v) is 15.7. The Kier molecular flexibility index (Phi) is 8.92. The van der Waals surface area contributed by atoms with Gasteiger partial charge in [-0.1, -0.05) is 202 Å². The molecule has 9 aromatic carbocycles. The molecule has 1 heteroatoms. The summed E-state index contributed by atoms with van der Waals surface area (Å²) in [5.41, 5.74) is 20.7. The van der Waals surface area contributed by atoms with Gasteiger partial charge in [0, 0.05) is 22.4 Å². The van der Waals surface area contributed by atoms with Crippen LogP contribution in [0.4, 0.5) is 17.1 Å². The fourth-order valence-electron chi connectivity index (χ4n) is 9.00. The molecule has 1 aliphatic carbocycles. The fraction of sp³-hybridized carbons (Fsp3) is 0.0526. The highest BCUT2D eigenvalue weighted by molar-refractivity contribution is 6.01. The highest BCUT2D eigenvalue weighted by Gasteiger charge is 2.35. The highest BCUT2D eigenvalue weighted by Crippen LogP contribution is 2.51. The Morgan fingerprint density at radius 1 is 0.293 bits per heavy atom. The molecule has 0 unspecified atom stereocenters. The van der Waals surface area contributed by atoms with Crippen LogP contribution in [-0.4, -0.2) is 0 Å². The molecule has 0 saturated heterocycles. The van der Waals surface area contributed by atoms with Crippen molar-refractivity contribution in [3.63, 3.8) is 0 Å². The smallest absolute Gasteiger partial charge is 0.0546 e. The van der Waals surface area contributed by atoms with E-state index in [2.05, 4.69) is 243 Å². The average Bonchev–Trinajstić information content (AvgIpc) is 3.53. The summed E-state index contributed by atoms with van der Waals surface area (Å²) < 4.78 is 0. The normalized spacial score (nSPS) is 12.4. The summed E-state index contributed by atoms with van der Waals surface area (Å²) in [6, 6.07) is 81.8. The summed E-state index contributed by atoms with van der Waals surface area (Å²) in [7, 11) is 0. The molecule has 0 saturated carbocycles. The van der Waals surface area contributed by atoms with Crippen molar-refractivity contribution in [2.24, 2.45) is 0 Å². The average molecular weight is 742 g/mol. The maximum absolute atomic E-state index is 2.43. The van der Waals surface area contributed by atoms with Crippen molar-refractivity contribution in [1.82, 2.24) is 0 Å². The topological polar surface area (TPSA) is 3.24 Å². The van der Waals surface area contributed by atoms with Crippen molar-refractivity contribution in [2.75, 3.05) is 4.90 Å². The lowest BCUT2D eigenvalue weighted by atomic mass is 9.82. The third kappa shape index (κ3) is 6.22. The molecule has 0 radical (unpaired) electrons. The van der Waals surface area contributed by atoms with Gasteiger partial charge >= 0.3 is 0 Å². The van der Waals surface area contributed by atoms with E-state index in [0.717, 1.165) is 17.1 Å². The van der Waals surface area contributed by atoms with Crippen LogP contribution in [0, 0.1) is 0 Å². The number of benzene rings is 9. The summed E-state index contributed by atoms with van der Waals surface area (Å²) >= 11 is 0. The standard InChI is InChI=1S/C57H43N/c1-57(2)53-27-15-14-24-50(53)52-39-45(33-38-54(52)57)42-31-36-47(37-32-42)58(46-34-29-41(30-35-46)40-17-6-3-7-18-40)55-28-16-26-49(44-21-10-5-11-22-44)56(55)51-25-13-12-23-48(51)43-19-8-4-9-20-43/h3-39H,1-2H3. The minimum Gasteiger partial charge on any atom is -0.310 e. The molecule has 1 aliphatic rings. The fourth-order valence-corrected chi connectivity index (χ4v) is 9.00. The number of anilines is 3. The van der Waals surface area contributed by atoms with Gasteiger partial charge in [0.05, 0.1) is 5.69 Å². The Hall–Kier alpha value is -7.22. The van der Waals surface area contributed by atoms with Gasteiger partial charge in [0.2, 0.25) is 0 Å². The first-order chi connectivity index (χ1) is 28.5. The van der Waals surface area contributed by atoms with Crippen LogP contribution in [0.25, 0.3) is 66.8 Å². The summed E-state index contributed by atoms with van der Waals surface area (Å²) in [5.74, 6) is 0. The summed E-state index contributed by atoms with van der Waals surface area (Å²) in [5, 5.41) is 0. The lowest BCUT2D eigenvalue weighted by Gasteiger charge is -2.30. The number of hydrogen-bond donors (Lipinski definition) is 0. The molecule has 1 nitrogen and oxygen atoms in total. The van der Waals surface area contributed by atoms with Crippen molar-refractivity contribution in [1.29, 1.82) is 0 Å². The van der Waals surface area contributed by atoms with Crippen LogP contribution in [0.15, 0.2) is 224 Å². The molecule has 0 fully saturated rings. The van der Waals surface area contributed by atoms with Crippen molar-refractivity contribution < 1.29 is 0 Å². The second kappa shape index (κ2) is 14.7. The first kappa shape index (κ1) is 35.2. The van der Waals surface area contributed by atoms with Crippen LogP contribution >= 0.6 is 0 Å². The summed E-state index contributed by atoms with van der Waals surface area (Å²) in [6.45, 7) is 4.68. The van der Waals surface area contributed by atoms with Crippen LogP contribution in [0.3, 0.4) is 0 Å². The molecule has 9 aromatic rings. The Labute approximate surface area is 342 Å². The lowest BCUT2D eigenvalue weighted by molar-refractivity contribution is 0.660. The molecule has 0 bridgehead atoms. The van der Waals surface area contributed by atoms with E-state index in [1.807, 2.05) is 0 Å². The first-order valence-corrected chi connectivity index (χ1v) is 20.2. The minimum absolute atomic E-state index is 0.0179. The Morgan fingerprint density at radius 3 is 1.34 bits per heavy atom. The molecular formula is C57H43N. The van der Waals surface area contributed by atoms with Crippen molar-refractivity contribution in [3.8, 4) is 66.8 Å². The van der Waals surface area contributed by atoms with E-state index in [0.29, 0.717) is 0 Å². The second-order valence-electron chi connectivity index (χ2n) is 15.7. The zero-order valence-electron chi connectivity index (χ0n) is 32.8. The van der Waals surface area contributed by atoms with E-state index in [-0.39, 0.29) is 5.41 Å². The van der Waals surface area contributed by atoms with Gasteiger partial charge in [-0.2, -0.15) is 0 Å². The van der Waals surface area contributed by atoms with Gasteiger partial charge in [0.25, 0.3) is 0 Å². The largest absolute Gasteiger partial charge is 0.310 e. The third-order valence-corrected chi connectivity index (χ3v) is 11.9. The van der Waals surface area contributed by atoms with Crippen LogP contribution in [0.2, 0.25) is 0 Å². The maximum Gasteiger partial charge on any atom is 0.0546 e. The monoisotopic (exact) mass is 741 g/mol. The van der Waals surface area contributed by atoms with E-state index < -0.39 is 0 Å². The summed E-state index contributed by atoms with van der Waals surface area (Å²) in [4.78, 5) is 2.43. The Bertz CT molecular complexity index is 2870. The maximum atomic E-state index is 2.43. The van der Waals surface area contributed by atoms with Crippen molar-refractivity contribution in [2.45, 2.75) is 19.3 Å². The molecule has 0 N–H and O–H groups in total. The van der Waals surface area contributed by atoms with Crippen molar-refractivity contribution >= 4 is 17.1 Å². The molecule has 276 valence electrons. The van der Waals surface area contributed by atoms with E-state index in [1.54, 1.807) is 0 Å². The molecule has 58 heavy (non-hydrogen) atoms. The predicted octanol–water partition coefficient (Wildman–Crippen LogP) is 15.8. The first-order valence-electron chi connectivity index (χ1n) is 20.2. The van der Waals surface area contributed by atoms with Crippen LogP contribution in [0.5, 0.6) is 0 Å². The van der Waals surface area contributed by atoms with Gasteiger partial charge in [-0.05, 0) is 109 Å². The molecule has 0 aromatic heterocycles. The van der Waals surface area contributed by atoms with E-state index in [4.69, 9.17) is 0 Å². The molecule has 0 aliphatic heterocycles. The SMILES string of the molecule is CC1(C)c2ccccc2-c2cc(-c3ccc(N(c4ccc(-c5ccccc5)cc4)c4cccc(-c5ccccc5)c4-c4ccccc4-c4ccccc4)cc3)ccc21. The molecule has 0 heterocycles. The Morgan fingerprint density at radius 2 is 0.724 bits per heavy atom. The number of hydrogen-bond acceptors (Lipinski definition) is 1. The molecular weight excluding hydrogens is 699 g/mol. The zero-order chi connectivity index (χ0) is 39.1. The minimum atomic E-state index is -0.0179. The summed E-state index contributed by atoms with van der Waals surface area (Å²) in [6.07, 6.45) is 0. The highest BCUT2D eigenvalue weighted by atomic mass is 15.1. The van der Waals surface area contributed by atoms with Crippen LogP contribution in [-0.2, 0) is 5.41 Å². The number of fused-ring (bicyclic) bond motifs is 3. The van der Waals surface area contributed by atoms with E-state index in [1.165, 1.54) is 77.9 Å². The van der Waals surface area contributed by atoms with Gasteiger partial charge in [0.15, 0.2) is 0 Å². The number of nitrogens with zero attached hydrogens (tertiary/aromatic N) is 1. The van der Waals surface area contributed by atoms with Gasteiger partial charge in [-0.15, -0.1) is 0 Å². The molecule has 0 atom stereocenters. The van der Waals surface area contributed by atoms with Crippen LogP contribution in [0.1, 0.15) is 25.0 Å². The zero-order valence-corrected chi connectivity index (χ0v) is 32.8. The third-order valence-electron chi connectivity index (χ3n) is 11.9. The number of rotatable bonds is 8. The van der Waals surface area contributed by atoms with E-state index >= 15 is 0 Å². The molecule has 10 rings (SSSR count). The van der Waals surface area contributed by atoms with Gasteiger partial charge in [0.1, 0.15) is 0 Å². The van der Waals surface area contributed by atoms with Crippen molar-refractivity contribution in [3.05, 3.63) is 236 Å². The van der Waals surface area contributed by atoms with E-state index in [9.17, 15) is 0 Å². The Balaban J connectivity index is 1.16. The quantitative estimate of drug-likeness (QED) is 0.150.